The van der Waals surface area contributed by atoms with Gasteiger partial charge in [0.1, 0.15) is 11.5 Å². The van der Waals surface area contributed by atoms with Crippen molar-refractivity contribution in [3.05, 3.63) is 66.0 Å². The first-order chi connectivity index (χ1) is 14.1. The predicted octanol–water partition coefficient (Wildman–Crippen LogP) is 6.45. The van der Waals surface area contributed by atoms with Crippen molar-refractivity contribution in [1.82, 2.24) is 0 Å². The van der Waals surface area contributed by atoms with E-state index in [4.69, 9.17) is 9.47 Å². The van der Waals surface area contributed by atoms with E-state index in [-0.39, 0.29) is 16.5 Å². The molecule has 0 atom stereocenters. The zero-order valence-electron chi connectivity index (χ0n) is 15.6. The fourth-order valence-electron chi connectivity index (χ4n) is 2.70. The van der Waals surface area contributed by atoms with Crippen LogP contribution in [-0.4, -0.2) is 19.4 Å². The van der Waals surface area contributed by atoms with Crippen molar-refractivity contribution < 1.29 is 40.6 Å². The second-order valence-corrected chi connectivity index (χ2v) is 6.24. The Kier molecular flexibility index (Phi) is 6.00. The highest BCUT2D eigenvalue weighted by atomic mass is 19.4. The summed E-state index contributed by atoms with van der Waals surface area (Å²) in [5.74, 6) is -1.43. The van der Waals surface area contributed by atoms with Crippen molar-refractivity contribution >= 4 is 10.8 Å². The molecule has 0 aromatic heterocycles. The topological polar surface area (TPSA) is 27.7 Å². The molecule has 0 aliphatic carbocycles. The molecule has 0 radical (unpaired) electrons. The molecule has 0 fully saturated rings. The first-order valence-electron chi connectivity index (χ1n) is 8.81. The van der Waals surface area contributed by atoms with E-state index in [9.17, 15) is 26.3 Å². The van der Waals surface area contributed by atoms with Gasteiger partial charge in [-0.2, -0.15) is 22.0 Å². The third kappa shape index (κ3) is 5.08. The first-order valence-corrected chi connectivity index (χ1v) is 8.81. The summed E-state index contributed by atoms with van der Waals surface area (Å²) in [5.41, 5.74) is -0.409. The Morgan fingerprint density at radius 1 is 0.800 bits per heavy atom. The largest absolute Gasteiger partial charge is 0.494 e. The zero-order chi connectivity index (χ0) is 21.9. The number of alkyl halides is 5. The molecule has 0 aliphatic heterocycles. The number of hydrogen-bond donors (Lipinski definition) is 0. The lowest BCUT2D eigenvalue weighted by Crippen LogP contribution is -2.21. The van der Waals surface area contributed by atoms with Gasteiger partial charge in [-0.05, 0) is 60.8 Å². The van der Waals surface area contributed by atoms with E-state index in [1.165, 1.54) is 18.2 Å². The highest BCUT2D eigenvalue weighted by Crippen LogP contribution is 2.35. The molecular weight excluding hydrogens is 414 g/mol. The maximum absolute atomic E-state index is 14.5. The van der Waals surface area contributed by atoms with Gasteiger partial charge in [-0.1, -0.05) is 6.07 Å². The van der Waals surface area contributed by atoms with Crippen LogP contribution in [-0.2, 0) is 6.11 Å². The van der Waals surface area contributed by atoms with Crippen molar-refractivity contribution in [2.24, 2.45) is 0 Å². The van der Waals surface area contributed by atoms with E-state index in [1.54, 1.807) is 6.92 Å². The van der Waals surface area contributed by atoms with Crippen LogP contribution in [0.5, 0.6) is 17.2 Å². The average Bonchev–Trinajstić information content (AvgIpc) is 2.67. The Bertz CT molecular complexity index is 1020. The van der Waals surface area contributed by atoms with Gasteiger partial charge in [0.15, 0.2) is 18.2 Å². The van der Waals surface area contributed by atoms with Crippen molar-refractivity contribution in [3.8, 4) is 17.2 Å². The molecule has 0 N–H and O–H groups in total. The Morgan fingerprint density at radius 3 is 2.10 bits per heavy atom. The summed E-state index contributed by atoms with van der Waals surface area (Å²) < 4.78 is 94.5. The predicted molar refractivity (Wildman–Crippen MR) is 97.6 cm³/mol. The number of halogens is 6. The Balaban J connectivity index is 1.81. The highest BCUT2D eigenvalue weighted by molar-refractivity contribution is 5.86. The molecule has 0 bridgehead atoms. The molecule has 9 heteroatoms. The summed E-state index contributed by atoms with van der Waals surface area (Å²) in [4.78, 5) is 0. The van der Waals surface area contributed by atoms with E-state index in [2.05, 4.69) is 4.74 Å². The third-order valence-electron chi connectivity index (χ3n) is 4.03. The number of rotatable bonds is 7. The van der Waals surface area contributed by atoms with E-state index in [1.807, 2.05) is 0 Å². The molecule has 0 saturated carbocycles. The molecular formula is C21H16F6O3. The van der Waals surface area contributed by atoms with Crippen LogP contribution in [0.2, 0.25) is 0 Å². The van der Waals surface area contributed by atoms with Gasteiger partial charge in [0.05, 0.1) is 12.2 Å². The van der Waals surface area contributed by atoms with Crippen LogP contribution in [0.25, 0.3) is 10.8 Å². The molecule has 0 saturated heterocycles. The second-order valence-electron chi connectivity index (χ2n) is 6.24. The van der Waals surface area contributed by atoms with Crippen LogP contribution in [0.1, 0.15) is 12.5 Å². The van der Waals surface area contributed by atoms with Crippen LogP contribution in [0.3, 0.4) is 0 Å². The maximum atomic E-state index is 14.5. The summed E-state index contributed by atoms with van der Waals surface area (Å²) in [7, 11) is 0. The molecule has 3 rings (SSSR count). The molecule has 30 heavy (non-hydrogen) atoms. The standard InChI is InChI=1S/C21H16F6O3/c1-2-28-15-6-4-14(5-7-15)21(26,27)30-16-8-9-17-13(11-16)3-10-18(19(17)22)29-12-20(23,24)25/h3-11H,2,12H2,1H3. The molecule has 0 spiro atoms. The van der Waals surface area contributed by atoms with Gasteiger partial charge >= 0.3 is 12.3 Å². The lowest BCUT2D eigenvalue weighted by molar-refractivity contribution is -0.185. The van der Waals surface area contributed by atoms with E-state index in [0.29, 0.717) is 12.4 Å². The number of ether oxygens (including phenoxy) is 3. The van der Waals surface area contributed by atoms with Gasteiger partial charge in [-0.3, -0.25) is 0 Å². The summed E-state index contributed by atoms with van der Waals surface area (Å²) in [5, 5.41) is 0.0678. The molecule has 0 aliphatic rings. The second kappa shape index (κ2) is 8.33. The molecule has 0 heterocycles. The van der Waals surface area contributed by atoms with Gasteiger partial charge in [0.2, 0.25) is 0 Å². The lowest BCUT2D eigenvalue weighted by atomic mass is 10.1. The van der Waals surface area contributed by atoms with E-state index >= 15 is 0 Å². The van der Waals surface area contributed by atoms with Crippen LogP contribution < -0.4 is 14.2 Å². The first kappa shape index (κ1) is 21.6. The molecule has 3 aromatic rings. The van der Waals surface area contributed by atoms with E-state index in [0.717, 1.165) is 36.4 Å². The minimum Gasteiger partial charge on any atom is -0.494 e. The Hall–Kier alpha value is -3.10. The number of hydrogen-bond acceptors (Lipinski definition) is 3. The summed E-state index contributed by atoms with van der Waals surface area (Å²) in [6.45, 7) is 0.507. The van der Waals surface area contributed by atoms with Crippen molar-refractivity contribution in [1.29, 1.82) is 0 Å². The quantitative estimate of drug-likeness (QED) is 0.404. The lowest BCUT2D eigenvalue weighted by Gasteiger charge is -2.19. The van der Waals surface area contributed by atoms with Gasteiger partial charge in [0.25, 0.3) is 0 Å². The van der Waals surface area contributed by atoms with Gasteiger partial charge < -0.3 is 14.2 Å². The SMILES string of the molecule is CCOc1ccc(C(F)(F)Oc2ccc3c(F)c(OCC(F)(F)F)ccc3c2)cc1. The van der Waals surface area contributed by atoms with Crippen molar-refractivity contribution in [3.63, 3.8) is 0 Å². The molecule has 3 aromatic carbocycles. The summed E-state index contributed by atoms with van der Waals surface area (Å²) in [6, 6.07) is 10.7. The summed E-state index contributed by atoms with van der Waals surface area (Å²) >= 11 is 0. The smallest absolute Gasteiger partial charge is 0.426 e. The van der Waals surface area contributed by atoms with Gasteiger partial charge in [-0.25, -0.2) is 4.39 Å². The number of benzene rings is 3. The normalized spacial score (nSPS) is 12.1. The minimum atomic E-state index is -4.62. The molecule has 0 unspecified atom stereocenters. The monoisotopic (exact) mass is 430 g/mol. The Morgan fingerprint density at radius 2 is 1.47 bits per heavy atom. The van der Waals surface area contributed by atoms with Crippen LogP contribution in [0.15, 0.2) is 54.6 Å². The fraction of sp³-hybridized carbons (Fsp3) is 0.238. The van der Waals surface area contributed by atoms with Gasteiger partial charge in [-0.15, -0.1) is 0 Å². The molecule has 160 valence electrons. The molecule has 3 nitrogen and oxygen atoms in total. The summed E-state index contributed by atoms with van der Waals surface area (Å²) in [6.07, 6.45) is -8.29. The van der Waals surface area contributed by atoms with Crippen LogP contribution in [0, 0.1) is 5.82 Å². The van der Waals surface area contributed by atoms with E-state index < -0.39 is 36.0 Å². The van der Waals surface area contributed by atoms with Crippen LogP contribution >= 0.6 is 0 Å². The number of fused-ring (bicyclic) bond motifs is 1. The van der Waals surface area contributed by atoms with Crippen molar-refractivity contribution in [2.75, 3.05) is 13.2 Å². The zero-order valence-corrected chi connectivity index (χ0v) is 15.6. The molecule has 0 amide bonds. The maximum Gasteiger partial charge on any atom is 0.426 e. The third-order valence-corrected chi connectivity index (χ3v) is 4.03. The average molecular weight is 430 g/mol. The highest BCUT2D eigenvalue weighted by Gasteiger charge is 2.34. The van der Waals surface area contributed by atoms with Crippen molar-refractivity contribution in [2.45, 2.75) is 19.2 Å². The van der Waals surface area contributed by atoms with Gasteiger partial charge in [0, 0.05) is 5.39 Å². The Labute approximate surface area is 167 Å². The fourth-order valence-corrected chi connectivity index (χ4v) is 2.70. The minimum absolute atomic E-state index is 0.0913. The van der Waals surface area contributed by atoms with Crippen LogP contribution in [0.4, 0.5) is 26.3 Å².